The molecule has 1 aromatic rings. The molecule has 0 bridgehead atoms. The van der Waals surface area contributed by atoms with E-state index < -0.39 is 0 Å². The largest absolute Gasteiger partial charge is 0.496 e. The van der Waals surface area contributed by atoms with E-state index in [1.54, 1.807) is 18.2 Å². The third-order valence-electron chi connectivity index (χ3n) is 4.10. The summed E-state index contributed by atoms with van der Waals surface area (Å²) in [6.45, 7) is 5.71. The van der Waals surface area contributed by atoms with Crippen LogP contribution in [0.25, 0.3) is 0 Å². The predicted octanol–water partition coefficient (Wildman–Crippen LogP) is 3.53. The van der Waals surface area contributed by atoms with Crippen molar-refractivity contribution in [3.8, 4) is 5.75 Å². The van der Waals surface area contributed by atoms with E-state index in [-0.39, 0.29) is 12.0 Å². The summed E-state index contributed by atoms with van der Waals surface area (Å²) in [7, 11) is 1.53. The van der Waals surface area contributed by atoms with Crippen molar-refractivity contribution in [2.24, 2.45) is 11.8 Å². The minimum absolute atomic E-state index is 0.196. The molecule has 1 aliphatic rings. The molecule has 0 radical (unpaired) electrons. The molecule has 1 amide bonds. The smallest absolute Gasteiger partial charge is 0.256 e. The van der Waals surface area contributed by atoms with E-state index in [1.807, 2.05) is 0 Å². The van der Waals surface area contributed by atoms with Crippen LogP contribution in [-0.4, -0.2) is 32.3 Å². The fraction of sp³-hybridized carbons (Fsp3) is 0.588. The summed E-state index contributed by atoms with van der Waals surface area (Å²) in [5.74, 6) is 1.07. The Morgan fingerprint density at radius 1 is 1.50 bits per heavy atom. The van der Waals surface area contributed by atoms with E-state index >= 15 is 0 Å². The number of benzene rings is 1. The summed E-state index contributed by atoms with van der Waals surface area (Å²) in [6, 6.07) is 5.20. The molecule has 4 nitrogen and oxygen atoms in total. The molecule has 22 heavy (non-hydrogen) atoms. The van der Waals surface area contributed by atoms with Gasteiger partial charge in [0.25, 0.3) is 5.91 Å². The number of carbonyl (C=O) groups excluding carboxylic acids is 1. The van der Waals surface area contributed by atoms with Crippen LogP contribution >= 0.6 is 11.6 Å². The predicted molar refractivity (Wildman–Crippen MR) is 87.6 cm³/mol. The van der Waals surface area contributed by atoms with Crippen LogP contribution in [0.5, 0.6) is 5.75 Å². The van der Waals surface area contributed by atoms with Gasteiger partial charge in [-0.25, -0.2) is 0 Å². The van der Waals surface area contributed by atoms with Gasteiger partial charge in [0.1, 0.15) is 5.75 Å². The molecule has 0 saturated carbocycles. The monoisotopic (exact) mass is 325 g/mol. The lowest BCUT2D eigenvalue weighted by Gasteiger charge is -2.34. The average Bonchev–Trinajstić information content (AvgIpc) is 2.52. The van der Waals surface area contributed by atoms with Gasteiger partial charge in [-0.15, -0.1) is 0 Å². The van der Waals surface area contributed by atoms with Crippen LogP contribution in [0.2, 0.25) is 5.02 Å². The molecule has 0 aromatic heterocycles. The number of nitrogens with one attached hydrogen (secondary N) is 1. The molecule has 1 saturated heterocycles. The van der Waals surface area contributed by atoms with E-state index in [0.29, 0.717) is 34.7 Å². The van der Waals surface area contributed by atoms with Gasteiger partial charge in [-0.2, -0.15) is 0 Å². The SMILES string of the molecule is COc1cccc(Cl)c1C(=O)NC[C@H]1CCCO[C@H]1C(C)C. The Hall–Kier alpha value is -1.26. The highest BCUT2D eigenvalue weighted by Crippen LogP contribution is 2.28. The maximum atomic E-state index is 12.4. The molecule has 0 aliphatic carbocycles. The molecular formula is C17H24ClNO3. The fourth-order valence-electron chi connectivity index (χ4n) is 3.03. The third-order valence-corrected chi connectivity index (χ3v) is 4.41. The highest BCUT2D eigenvalue weighted by molar-refractivity contribution is 6.34. The molecule has 0 spiro atoms. The molecule has 5 heteroatoms. The average molecular weight is 326 g/mol. The van der Waals surface area contributed by atoms with Gasteiger partial charge in [0.15, 0.2) is 0 Å². The first kappa shape index (κ1) is 17.1. The number of amides is 1. The van der Waals surface area contributed by atoms with Gasteiger partial charge in [0.05, 0.1) is 23.8 Å². The van der Waals surface area contributed by atoms with E-state index in [0.717, 1.165) is 19.4 Å². The highest BCUT2D eigenvalue weighted by Gasteiger charge is 2.29. The number of ether oxygens (including phenoxy) is 2. The minimum Gasteiger partial charge on any atom is -0.496 e. The van der Waals surface area contributed by atoms with Gasteiger partial charge in [-0.05, 0) is 30.9 Å². The van der Waals surface area contributed by atoms with Gasteiger partial charge < -0.3 is 14.8 Å². The number of carbonyl (C=O) groups is 1. The zero-order chi connectivity index (χ0) is 16.1. The van der Waals surface area contributed by atoms with Gasteiger partial charge in [-0.1, -0.05) is 31.5 Å². The highest BCUT2D eigenvalue weighted by atomic mass is 35.5. The summed E-state index contributed by atoms with van der Waals surface area (Å²) in [5.41, 5.74) is 0.393. The number of rotatable bonds is 5. The van der Waals surface area contributed by atoms with E-state index in [9.17, 15) is 4.79 Å². The molecular weight excluding hydrogens is 302 g/mol. The van der Waals surface area contributed by atoms with Crippen LogP contribution in [0.15, 0.2) is 18.2 Å². The Balaban J connectivity index is 2.03. The number of methoxy groups -OCH3 is 1. The van der Waals surface area contributed by atoms with E-state index in [2.05, 4.69) is 19.2 Å². The van der Waals surface area contributed by atoms with Crippen molar-refractivity contribution in [1.82, 2.24) is 5.32 Å². The van der Waals surface area contributed by atoms with Crippen molar-refractivity contribution in [2.75, 3.05) is 20.3 Å². The van der Waals surface area contributed by atoms with Gasteiger partial charge >= 0.3 is 0 Å². The lowest BCUT2D eigenvalue weighted by atomic mass is 9.87. The minimum atomic E-state index is -0.199. The Labute approximate surface area is 137 Å². The molecule has 1 heterocycles. The normalized spacial score (nSPS) is 21.7. The summed E-state index contributed by atoms with van der Waals surface area (Å²) < 4.78 is 11.1. The second kappa shape index (κ2) is 7.84. The van der Waals surface area contributed by atoms with E-state index in [1.165, 1.54) is 7.11 Å². The van der Waals surface area contributed by atoms with Gasteiger partial charge in [0, 0.05) is 19.1 Å². The van der Waals surface area contributed by atoms with Crippen LogP contribution in [0.1, 0.15) is 37.0 Å². The number of halogens is 1. The summed E-state index contributed by atoms with van der Waals surface area (Å²) in [6.07, 6.45) is 2.31. The van der Waals surface area contributed by atoms with Crippen molar-refractivity contribution >= 4 is 17.5 Å². The molecule has 2 atom stereocenters. The quantitative estimate of drug-likeness (QED) is 0.901. The maximum absolute atomic E-state index is 12.4. The van der Waals surface area contributed by atoms with Gasteiger partial charge in [-0.3, -0.25) is 4.79 Å². The lowest BCUT2D eigenvalue weighted by molar-refractivity contribution is -0.0510. The first-order valence-corrected chi connectivity index (χ1v) is 8.14. The topological polar surface area (TPSA) is 47.6 Å². The third kappa shape index (κ3) is 3.93. The van der Waals surface area contributed by atoms with Crippen molar-refractivity contribution in [3.05, 3.63) is 28.8 Å². The zero-order valence-electron chi connectivity index (χ0n) is 13.4. The summed E-state index contributed by atoms with van der Waals surface area (Å²) >= 11 is 6.14. The Kier molecular flexibility index (Phi) is 6.09. The first-order valence-electron chi connectivity index (χ1n) is 7.77. The zero-order valence-corrected chi connectivity index (χ0v) is 14.2. The number of hydrogen-bond donors (Lipinski definition) is 1. The second-order valence-electron chi connectivity index (χ2n) is 6.01. The lowest BCUT2D eigenvalue weighted by Crippen LogP contribution is -2.41. The molecule has 1 aromatic carbocycles. The van der Waals surface area contributed by atoms with Crippen molar-refractivity contribution in [3.63, 3.8) is 0 Å². The molecule has 1 N–H and O–H groups in total. The van der Waals surface area contributed by atoms with Crippen molar-refractivity contribution < 1.29 is 14.3 Å². The van der Waals surface area contributed by atoms with Crippen LogP contribution in [-0.2, 0) is 4.74 Å². The first-order chi connectivity index (χ1) is 10.5. The van der Waals surface area contributed by atoms with Crippen molar-refractivity contribution in [2.45, 2.75) is 32.8 Å². The van der Waals surface area contributed by atoms with Crippen LogP contribution < -0.4 is 10.1 Å². The Bertz CT molecular complexity index is 519. The standard InChI is InChI=1S/C17H24ClNO3/c1-11(2)16-12(6-5-9-22-16)10-19-17(20)15-13(18)7-4-8-14(15)21-3/h4,7-8,11-12,16H,5-6,9-10H2,1-3H3,(H,19,20)/t12-,16+/m1/s1. The second-order valence-corrected chi connectivity index (χ2v) is 6.42. The Morgan fingerprint density at radius 3 is 2.95 bits per heavy atom. The summed E-state index contributed by atoms with van der Waals surface area (Å²) in [4.78, 5) is 12.4. The summed E-state index contributed by atoms with van der Waals surface area (Å²) in [5, 5.41) is 3.39. The fourth-order valence-corrected chi connectivity index (χ4v) is 3.28. The van der Waals surface area contributed by atoms with E-state index in [4.69, 9.17) is 21.1 Å². The molecule has 1 fully saturated rings. The maximum Gasteiger partial charge on any atom is 0.256 e. The van der Waals surface area contributed by atoms with Crippen LogP contribution in [0.4, 0.5) is 0 Å². The molecule has 1 aliphatic heterocycles. The van der Waals surface area contributed by atoms with Crippen LogP contribution in [0.3, 0.4) is 0 Å². The number of hydrogen-bond acceptors (Lipinski definition) is 3. The van der Waals surface area contributed by atoms with Crippen LogP contribution in [0, 0.1) is 11.8 Å². The molecule has 0 unspecified atom stereocenters. The molecule has 2 rings (SSSR count). The van der Waals surface area contributed by atoms with Gasteiger partial charge in [0.2, 0.25) is 0 Å². The Morgan fingerprint density at radius 2 is 2.27 bits per heavy atom. The van der Waals surface area contributed by atoms with Crippen molar-refractivity contribution in [1.29, 1.82) is 0 Å². The molecule has 122 valence electrons.